The minimum Gasteiger partial charge on any atom is -0.292 e. The van der Waals surface area contributed by atoms with Crippen molar-refractivity contribution in [2.24, 2.45) is 0 Å². The Morgan fingerprint density at radius 1 is 0.346 bits per heavy atom. The van der Waals surface area contributed by atoms with Gasteiger partial charge >= 0.3 is 0 Å². The average Bonchev–Trinajstić information content (AvgIpc) is 3.59. The Morgan fingerprint density at radius 2 is 0.731 bits per heavy atom. The molecule has 0 bridgehead atoms. The molecule has 9 aromatic rings. The zero-order chi connectivity index (χ0) is 35.5. The number of fused-ring (bicyclic) bond motifs is 3. The van der Waals surface area contributed by atoms with E-state index in [1.54, 1.807) is 0 Å². The number of imidazole rings is 1. The van der Waals surface area contributed by atoms with Crippen molar-refractivity contribution in [2.45, 2.75) is 0 Å². The minimum atomic E-state index is 0.191. The Morgan fingerprint density at radius 3 is 1.27 bits per heavy atom. The van der Waals surface area contributed by atoms with E-state index in [1.807, 2.05) is 30.3 Å². The Bertz CT molecular complexity index is 2770. The van der Waals surface area contributed by atoms with E-state index >= 15 is 0 Å². The molecule has 10 radical (unpaired) electrons. The molecule has 0 atom stereocenters. The summed E-state index contributed by atoms with van der Waals surface area (Å²) in [5.41, 5.74) is 10.9. The van der Waals surface area contributed by atoms with Gasteiger partial charge < -0.3 is 0 Å². The van der Waals surface area contributed by atoms with Gasteiger partial charge in [0, 0.05) is 11.3 Å². The van der Waals surface area contributed by atoms with E-state index in [9.17, 15) is 0 Å². The van der Waals surface area contributed by atoms with Crippen LogP contribution in [0.15, 0.2) is 152 Å². The largest absolute Gasteiger partial charge is 0.292 e. The summed E-state index contributed by atoms with van der Waals surface area (Å²) < 4.78 is 2.25. The maximum atomic E-state index is 6.66. The molecule has 1 heterocycles. The number of aromatic nitrogens is 2. The van der Waals surface area contributed by atoms with Gasteiger partial charge in [-0.05, 0) is 79.2 Å². The number of hydrogen-bond donors (Lipinski definition) is 0. The summed E-state index contributed by atoms with van der Waals surface area (Å²) in [6, 6.07) is 52.4. The summed E-state index contributed by atoms with van der Waals surface area (Å²) in [7, 11) is 32.3. The molecular weight excluding hydrogens is 623 g/mol. The lowest BCUT2D eigenvalue weighted by Crippen LogP contribution is -2.55. The number of hydrogen-bond acceptors (Lipinski definition) is 1. The molecule has 0 aliphatic carbocycles. The quantitative estimate of drug-likeness (QED) is 0.166. The van der Waals surface area contributed by atoms with E-state index in [4.69, 9.17) is 44.2 Å². The maximum absolute atomic E-state index is 6.66. The van der Waals surface area contributed by atoms with Crippen LogP contribution in [0.5, 0.6) is 0 Å². The molecule has 1 aromatic heterocycles. The van der Waals surface area contributed by atoms with Gasteiger partial charge in [-0.25, -0.2) is 4.98 Å². The van der Waals surface area contributed by atoms with Gasteiger partial charge in [0.2, 0.25) is 0 Å². The van der Waals surface area contributed by atoms with Crippen LogP contribution in [-0.4, -0.2) is 48.8 Å². The molecule has 0 unspecified atom stereocenters. The van der Waals surface area contributed by atoms with Crippen LogP contribution < -0.4 is 27.3 Å². The fourth-order valence-corrected chi connectivity index (χ4v) is 7.71. The van der Waals surface area contributed by atoms with Crippen LogP contribution in [0.4, 0.5) is 0 Å². The lowest BCUT2D eigenvalue weighted by atomic mass is 9.59. The molecule has 0 saturated heterocycles. The molecule has 0 spiro atoms. The van der Waals surface area contributed by atoms with Crippen LogP contribution in [0.2, 0.25) is 0 Å². The lowest BCUT2D eigenvalue weighted by Gasteiger charge is -2.25. The molecule has 9 rings (SSSR count). The average molecular weight is 648 g/mol. The lowest BCUT2D eigenvalue weighted by molar-refractivity contribution is 1.10. The molecule has 0 fully saturated rings. The Hall–Kier alpha value is -5.93. The first-order valence-corrected chi connectivity index (χ1v) is 17.1. The second-order valence-electron chi connectivity index (χ2n) is 13.0. The summed E-state index contributed by atoms with van der Waals surface area (Å²) in [4.78, 5) is 5.26. The van der Waals surface area contributed by atoms with E-state index in [1.165, 1.54) is 0 Å². The Balaban J connectivity index is 1.37. The molecule has 230 valence electrons. The van der Waals surface area contributed by atoms with Gasteiger partial charge in [-0.1, -0.05) is 138 Å². The zero-order valence-corrected chi connectivity index (χ0v) is 28.2. The van der Waals surface area contributed by atoms with Crippen molar-refractivity contribution in [3.8, 4) is 50.5 Å². The first kappa shape index (κ1) is 32.0. The molecule has 0 N–H and O–H groups in total. The highest BCUT2D eigenvalue weighted by Crippen LogP contribution is 2.47. The number of para-hydroxylation sites is 3. The van der Waals surface area contributed by atoms with Crippen molar-refractivity contribution >= 4 is 99.1 Å². The van der Waals surface area contributed by atoms with E-state index in [2.05, 4.69) is 126 Å². The number of benzene rings is 8. The molecule has 52 heavy (non-hydrogen) atoms. The van der Waals surface area contributed by atoms with E-state index in [0.717, 1.165) is 77.5 Å². The first-order valence-electron chi connectivity index (χ1n) is 17.1. The van der Waals surface area contributed by atoms with Crippen LogP contribution in [0, 0.1) is 0 Å². The van der Waals surface area contributed by atoms with Gasteiger partial charge in [-0.15, -0.1) is 16.4 Å². The van der Waals surface area contributed by atoms with Crippen molar-refractivity contribution in [3.63, 3.8) is 0 Å². The van der Waals surface area contributed by atoms with Crippen LogP contribution in [0.25, 0.3) is 83.0 Å². The highest BCUT2D eigenvalue weighted by Gasteiger charge is 2.24. The van der Waals surface area contributed by atoms with Crippen LogP contribution in [0.1, 0.15) is 0 Å². The highest BCUT2D eigenvalue weighted by atomic mass is 15.1. The van der Waals surface area contributed by atoms with Crippen molar-refractivity contribution < 1.29 is 0 Å². The predicted molar refractivity (Wildman–Crippen MR) is 225 cm³/mol. The van der Waals surface area contributed by atoms with E-state index in [0.29, 0.717) is 16.5 Å². The third kappa shape index (κ3) is 4.91. The molecule has 0 amide bonds. The summed E-state index contributed by atoms with van der Waals surface area (Å²) in [5, 5.41) is 4.34. The fourth-order valence-electron chi connectivity index (χ4n) is 7.71. The Labute approximate surface area is 309 Å². The van der Waals surface area contributed by atoms with Crippen LogP contribution >= 0.6 is 0 Å². The normalized spacial score (nSPS) is 11.5. The smallest absolute Gasteiger partial charge is 0.146 e. The van der Waals surface area contributed by atoms with Gasteiger partial charge in [0.1, 0.15) is 45.1 Å². The molecule has 2 nitrogen and oxygen atoms in total. The van der Waals surface area contributed by atoms with Crippen molar-refractivity contribution in [1.82, 2.24) is 9.55 Å². The summed E-state index contributed by atoms with van der Waals surface area (Å²) >= 11 is 0. The summed E-state index contributed by atoms with van der Waals surface area (Å²) in [6.45, 7) is 0. The minimum absolute atomic E-state index is 0.191. The predicted octanol–water partition coefficient (Wildman–Crippen LogP) is 5.97. The first-order chi connectivity index (χ1) is 25.4. The Kier molecular flexibility index (Phi) is 7.81. The topological polar surface area (TPSA) is 17.8 Å². The second-order valence-corrected chi connectivity index (χ2v) is 13.0. The van der Waals surface area contributed by atoms with Gasteiger partial charge in [-0.3, -0.25) is 4.57 Å². The zero-order valence-electron chi connectivity index (χ0n) is 28.2. The van der Waals surface area contributed by atoms with Crippen molar-refractivity contribution in [1.29, 1.82) is 0 Å². The third-order valence-corrected chi connectivity index (χ3v) is 10.1. The molecule has 8 aromatic carbocycles. The molecule has 0 saturated carbocycles. The summed E-state index contributed by atoms with van der Waals surface area (Å²) in [6.07, 6.45) is 0. The van der Waals surface area contributed by atoms with Gasteiger partial charge in [0.05, 0.1) is 11.0 Å². The monoisotopic (exact) mass is 648 g/mol. The van der Waals surface area contributed by atoms with E-state index < -0.39 is 0 Å². The molecular formula is C45H25B5N2. The third-order valence-electron chi connectivity index (χ3n) is 10.1. The van der Waals surface area contributed by atoms with Crippen molar-refractivity contribution in [2.75, 3.05) is 0 Å². The number of nitrogens with zero attached hydrogens (tertiary/aromatic N) is 2. The van der Waals surface area contributed by atoms with Crippen LogP contribution in [0.3, 0.4) is 0 Å². The van der Waals surface area contributed by atoms with E-state index in [-0.39, 0.29) is 16.4 Å². The second kappa shape index (κ2) is 12.7. The molecule has 7 heteroatoms. The number of rotatable bonds is 5. The SMILES string of the molecule is [B]c1c([B])c([B])c(-c2ccccc2-c2c3ccccc3c(-c3ccccc3-c3nc4ccccc4n3-c3ccccc3)c3ccccc23)c([B])c1[B]. The highest BCUT2D eigenvalue weighted by molar-refractivity contribution is 6.68. The molecule has 0 aliphatic heterocycles. The van der Waals surface area contributed by atoms with Gasteiger partial charge in [0.25, 0.3) is 0 Å². The fraction of sp³-hybridized carbons (Fsp3) is 0. The van der Waals surface area contributed by atoms with Crippen molar-refractivity contribution in [3.05, 3.63) is 152 Å². The standard InChI is InChI=1S/C45H25B5N2/c46-40-39(41(47)43(49)44(50)42(40)48)32-21-9-8-20-31(32)37-27-16-4-6-18-29(27)38(30-19-7-5-17-28(30)37)33-22-10-11-23-34(33)45-51-35-24-12-13-25-36(35)52(45)26-14-2-1-3-15-26/h1-25H. The van der Waals surface area contributed by atoms with Gasteiger partial charge in [-0.2, -0.15) is 0 Å². The van der Waals surface area contributed by atoms with Gasteiger partial charge in [0.15, 0.2) is 0 Å². The van der Waals surface area contributed by atoms with Crippen LogP contribution in [-0.2, 0) is 0 Å². The maximum Gasteiger partial charge on any atom is 0.146 e. The summed E-state index contributed by atoms with van der Waals surface area (Å²) in [5.74, 6) is 0.870. The molecule has 0 aliphatic rings.